The van der Waals surface area contributed by atoms with Gasteiger partial charge in [-0.3, -0.25) is 0 Å². The molecular formula is C13H12F2N2O2S. The van der Waals surface area contributed by atoms with Crippen LogP contribution in [0.25, 0.3) is 0 Å². The van der Waals surface area contributed by atoms with Crippen molar-refractivity contribution < 1.29 is 18.3 Å². The lowest BCUT2D eigenvalue weighted by atomic mass is 10.1. The maximum Gasteiger partial charge on any atom is 0.340 e. The largest absolute Gasteiger partial charge is 0.465 e. The maximum absolute atomic E-state index is 13.7. The number of benzene rings is 1. The van der Waals surface area contributed by atoms with Crippen molar-refractivity contribution in [3.63, 3.8) is 0 Å². The second-order valence-electron chi connectivity index (χ2n) is 4.02. The highest BCUT2D eigenvalue weighted by molar-refractivity contribution is 7.09. The Hall–Kier alpha value is -2.02. The fraction of sp³-hybridized carbons (Fsp3) is 0.231. The lowest BCUT2D eigenvalue weighted by Gasteiger charge is -2.09. The van der Waals surface area contributed by atoms with E-state index in [-0.39, 0.29) is 11.3 Å². The number of aromatic nitrogens is 1. The molecule has 1 heterocycles. The number of carbonyl (C=O) groups excluding carboxylic acids is 1. The Morgan fingerprint density at radius 2 is 2.15 bits per heavy atom. The number of ether oxygens (including phenoxy) is 1. The van der Waals surface area contributed by atoms with Gasteiger partial charge in [-0.25, -0.2) is 18.6 Å². The van der Waals surface area contributed by atoms with Crippen LogP contribution in [0.2, 0.25) is 0 Å². The molecule has 2 rings (SSSR count). The van der Waals surface area contributed by atoms with E-state index in [9.17, 15) is 13.6 Å². The monoisotopic (exact) mass is 298 g/mol. The highest BCUT2D eigenvalue weighted by atomic mass is 32.1. The number of hydrogen-bond acceptors (Lipinski definition) is 5. The quantitative estimate of drug-likeness (QED) is 0.881. The first-order valence-electron chi connectivity index (χ1n) is 5.73. The van der Waals surface area contributed by atoms with Gasteiger partial charge in [0, 0.05) is 10.9 Å². The highest BCUT2D eigenvalue weighted by Crippen LogP contribution is 2.22. The predicted octanol–water partition coefficient (Wildman–Crippen LogP) is 3.13. The van der Waals surface area contributed by atoms with E-state index in [0.717, 1.165) is 23.7 Å². The minimum absolute atomic E-state index is 0.0413. The molecule has 0 bridgehead atoms. The number of aryl methyl sites for hydroxylation is 1. The number of nitrogens with one attached hydrogen (secondary N) is 1. The van der Waals surface area contributed by atoms with Crippen molar-refractivity contribution in [3.8, 4) is 0 Å². The summed E-state index contributed by atoms with van der Waals surface area (Å²) in [5.74, 6) is -2.56. The Bertz CT molecular complexity index is 643. The van der Waals surface area contributed by atoms with Gasteiger partial charge in [0.15, 0.2) is 0 Å². The number of thiazole rings is 1. The van der Waals surface area contributed by atoms with E-state index in [0.29, 0.717) is 12.6 Å². The van der Waals surface area contributed by atoms with Crippen molar-refractivity contribution in [2.75, 3.05) is 12.4 Å². The SMILES string of the molecule is COC(=O)c1cc(NCc2scnc2C)c(F)cc1F. The van der Waals surface area contributed by atoms with Gasteiger partial charge < -0.3 is 10.1 Å². The number of esters is 1. The van der Waals surface area contributed by atoms with Gasteiger partial charge in [0.2, 0.25) is 0 Å². The molecule has 0 spiro atoms. The lowest BCUT2D eigenvalue weighted by molar-refractivity contribution is 0.0595. The van der Waals surface area contributed by atoms with Gasteiger partial charge in [-0.15, -0.1) is 11.3 Å². The van der Waals surface area contributed by atoms with Crippen LogP contribution in [0.1, 0.15) is 20.9 Å². The van der Waals surface area contributed by atoms with Crippen LogP contribution < -0.4 is 5.32 Å². The molecule has 0 unspecified atom stereocenters. The fourth-order valence-corrected chi connectivity index (χ4v) is 2.34. The summed E-state index contributed by atoms with van der Waals surface area (Å²) in [6.07, 6.45) is 0. The molecule has 0 aliphatic rings. The molecular weight excluding hydrogens is 286 g/mol. The number of halogens is 2. The Morgan fingerprint density at radius 3 is 2.75 bits per heavy atom. The minimum atomic E-state index is -0.950. The van der Waals surface area contributed by atoms with E-state index in [1.807, 2.05) is 6.92 Å². The summed E-state index contributed by atoms with van der Waals surface area (Å²) in [6.45, 7) is 2.19. The van der Waals surface area contributed by atoms with Crippen molar-refractivity contribution in [1.82, 2.24) is 4.98 Å². The average molecular weight is 298 g/mol. The van der Waals surface area contributed by atoms with Crippen LogP contribution in [0.4, 0.5) is 14.5 Å². The van der Waals surface area contributed by atoms with Crippen LogP contribution in [-0.2, 0) is 11.3 Å². The number of nitrogens with zero attached hydrogens (tertiary/aromatic N) is 1. The van der Waals surface area contributed by atoms with Crippen LogP contribution in [-0.4, -0.2) is 18.1 Å². The predicted molar refractivity (Wildman–Crippen MR) is 71.9 cm³/mol. The molecule has 1 N–H and O–H groups in total. The normalized spacial score (nSPS) is 10.4. The van der Waals surface area contributed by atoms with Crippen molar-refractivity contribution in [3.05, 3.63) is 45.4 Å². The molecule has 0 atom stereocenters. The topological polar surface area (TPSA) is 51.2 Å². The third kappa shape index (κ3) is 2.93. The van der Waals surface area contributed by atoms with Crippen LogP contribution in [0, 0.1) is 18.6 Å². The van der Waals surface area contributed by atoms with Gasteiger partial charge in [0.05, 0.1) is 36.1 Å². The molecule has 2 aromatic rings. The Balaban J connectivity index is 2.23. The maximum atomic E-state index is 13.7. The first-order valence-corrected chi connectivity index (χ1v) is 6.61. The molecule has 1 aromatic carbocycles. The smallest absolute Gasteiger partial charge is 0.340 e. The zero-order valence-corrected chi connectivity index (χ0v) is 11.7. The summed E-state index contributed by atoms with van der Waals surface area (Å²) in [5, 5.41) is 2.82. The number of carbonyl (C=O) groups is 1. The van der Waals surface area contributed by atoms with Gasteiger partial charge in [0.25, 0.3) is 0 Å². The van der Waals surface area contributed by atoms with Gasteiger partial charge in [-0.2, -0.15) is 0 Å². The molecule has 0 radical (unpaired) electrons. The van der Waals surface area contributed by atoms with E-state index in [4.69, 9.17) is 0 Å². The second-order valence-corrected chi connectivity index (χ2v) is 4.96. The Kier molecular flexibility index (Phi) is 4.29. The Labute approximate surface area is 118 Å². The van der Waals surface area contributed by atoms with E-state index in [1.165, 1.54) is 11.3 Å². The second kappa shape index (κ2) is 5.96. The van der Waals surface area contributed by atoms with Crippen molar-refractivity contribution in [2.24, 2.45) is 0 Å². The van der Waals surface area contributed by atoms with Crippen LogP contribution in [0.15, 0.2) is 17.6 Å². The zero-order chi connectivity index (χ0) is 14.7. The van der Waals surface area contributed by atoms with Gasteiger partial charge in [0.1, 0.15) is 11.6 Å². The highest BCUT2D eigenvalue weighted by Gasteiger charge is 2.16. The average Bonchev–Trinajstić information content (AvgIpc) is 2.82. The standard InChI is InChI=1S/C13H12F2N2O2S/c1-7-12(20-6-17-7)5-16-11-3-8(13(18)19-2)9(14)4-10(11)15/h3-4,6,16H,5H2,1-2H3. The fourth-order valence-electron chi connectivity index (χ4n) is 1.62. The van der Waals surface area contributed by atoms with Crippen molar-refractivity contribution in [2.45, 2.75) is 13.5 Å². The van der Waals surface area contributed by atoms with E-state index in [2.05, 4.69) is 15.0 Å². The third-order valence-corrected chi connectivity index (χ3v) is 3.68. The first kappa shape index (κ1) is 14.4. The molecule has 0 aliphatic carbocycles. The molecule has 0 amide bonds. The molecule has 1 aromatic heterocycles. The number of anilines is 1. The first-order chi connectivity index (χ1) is 9.52. The van der Waals surface area contributed by atoms with E-state index in [1.54, 1.807) is 5.51 Å². The molecule has 0 fully saturated rings. The van der Waals surface area contributed by atoms with Crippen LogP contribution >= 0.6 is 11.3 Å². The van der Waals surface area contributed by atoms with E-state index < -0.39 is 17.6 Å². The van der Waals surface area contributed by atoms with Crippen LogP contribution in [0.3, 0.4) is 0 Å². The molecule has 0 saturated carbocycles. The molecule has 0 aliphatic heterocycles. The summed E-state index contributed by atoms with van der Waals surface area (Å²) in [5.41, 5.74) is 2.27. The third-order valence-electron chi connectivity index (χ3n) is 2.75. The Morgan fingerprint density at radius 1 is 1.40 bits per heavy atom. The number of methoxy groups -OCH3 is 1. The summed E-state index contributed by atoms with van der Waals surface area (Å²) in [7, 11) is 1.14. The summed E-state index contributed by atoms with van der Waals surface area (Å²) in [4.78, 5) is 16.4. The van der Waals surface area contributed by atoms with Crippen molar-refractivity contribution >= 4 is 23.0 Å². The van der Waals surface area contributed by atoms with Gasteiger partial charge in [-0.1, -0.05) is 0 Å². The number of rotatable bonds is 4. The summed E-state index contributed by atoms with van der Waals surface area (Å²) >= 11 is 1.43. The van der Waals surface area contributed by atoms with Crippen molar-refractivity contribution in [1.29, 1.82) is 0 Å². The molecule has 7 heteroatoms. The van der Waals surface area contributed by atoms with Crippen LogP contribution in [0.5, 0.6) is 0 Å². The van der Waals surface area contributed by atoms with Gasteiger partial charge >= 0.3 is 5.97 Å². The molecule has 106 valence electrons. The molecule has 20 heavy (non-hydrogen) atoms. The molecule has 4 nitrogen and oxygen atoms in total. The zero-order valence-electron chi connectivity index (χ0n) is 10.9. The van der Waals surface area contributed by atoms with E-state index >= 15 is 0 Å². The lowest BCUT2D eigenvalue weighted by Crippen LogP contribution is -2.08. The minimum Gasteiger partial charge on any atom is -0.465 e. The number of hydrogen-bond donors (Lipinski definition) is 1. The molecule has 0 saturated heterocycles. The van der Waals surface area contributed by atoms with Gasteiger partial charge in [-0.05, 0) is 13.0 Å². The summed E-state index contributed by atoms with van der Waals surface area (Å²) < 4.78 is 31.6. The summed E-state index contributed by atoms with van der Waals surface area (Å²) in [6, 6.07) is 1.76.